The summed E-state index contributed by atoms with van der Waals surface area (Å²) in [5, 5.41) is 3.38. The third-order valence-corrected chi connectivity index (χ3v) is 4.68. The molecule has 3 rings (SSSR count). The topological polar surface area (TPSA) is 42.3 Å². The van der Waals surface area contributed by atoms with Crippen LogP contribution in [0.4, 0.5) is 0 Å². The van der Waals surface area contributed by atoms with Gasteiger partial charge in [0.15, 0.2) is 0 Å². The van der Waals surface area contributed by atoms with Gasteiger partial charge >= 0.3 is 0 Å². The van der Waals surface area contributed by atoms with Crippen LogP contribution in [-0.4, -0.2) is 4.98 Å². The number of nitrogens with zero attached hydrogens (tertiary/aromatic N) is 2. The van der Waals surface area contributed by atoms with Gasteiger partial charge in [-0.15, -0.1) is 0 Å². The first-order chi connectivity index (χ1) is 11.8. The van der Waals surface area contributed by atoms with Crippen LogP contribution >= 0.6 is 15.9 Å². The monoisotopic (exact) mass is 380 g/mol. The van der Waals surface area contributed by atoms with Crippen LogP contribution in [0, 0.1) is 4.91 Å². The Balaban J connectivity index is 1.95. The Morgan fingerprint density at radius 2 is 1.46 bits per heavy atom. The van der Waals surface area contributed by atoms with Crippen LogP contribution in [0.3, 0.4) is 0 Å². The maximum absolute atomic E-state index is 11.5. The summed E-state index contributed by atoms with van der Waals surface area (Å²) in [6.07, 6.45) is 4.02. The van der Waals surface area contributed by atoms with Gasteiger partial charge in [-0.05, 0) is 47.4 Å². The average molecular weight is 381 g/mol. The lowest BCUT2D eigenvalue weighted by atomic mass is 9.84. The van der Waals surface area contributed by atoms with Crippen molar-refractivity contribution in [1.82, 2.24) is 4.98 Å². The lowest BCUT2D eigenvalue weighted by Crippen LogP contribution is -2.07. The average Bonchev–Trinajstić information content (AvgIpc) is 2.65. The molecule has 2 atom stereocenters. The van der Waals surface area contributed by atoms with E-state index in [0.29, 0.717) is 6.42 Å². The van der Waals surface area contributed by atoms with Crippen molar-refractivity contribution in [1.29, 1.82) is 0 Å². The smallest absolute Gasteiger partial charge is 0.118 e. The first-order valence-electron chi connectivity index (χ1n) is 7.80. The second kappa shape index (κ2) is 7.97. The van der Waals surface area contributed by atoms with Crippen LogP contribution in [0.2, 0.25) is 0 Å². The van der Waals surface area contributed by atoms with E-state index in [4.69, 9.17) is 0 Å². The normalized spacial score (nSPS) is 13.2. The maximum Gasteiger partial charge on any atom is 0.118 e. The molecule has 0 aliphatic rings. The molecule has 0 saturated carbocycles. The van der Waals surface area contributed by atoms with Crippen molar-refractivity contribution in [2.75, 3.05) is 0 Å². The summed E-state index contributed by atoms with van der Waals surface area (Å²) in [6, 6.07) is 21.8. The molecule has 0 aliphatic heterocycles. The molecule has 0 spiro atoms. The lowest BCUT2D eigenvalue weighted by molar-refractivity contribution is 0.594. The van der Waals surface area contributed by atoms with Gasteiger partial charge in [0, 0.05) is 22.8 Å². The first-order valence-corrected chi connectivity index (χ1v) is 8.60. The highest BCUT2D eigenvalue weighted by Crippen LogP contribution is 2.35. The van der Waals surface area contributed by atoms with E-state index in [0.717, 1.165) is 10.0 Å². The molecule has 0 radical (unpaired) electrons. The summed E-state index contributed by atoms with van der Waals surface area (Å²) in [4.78, 5) is 15.5. The van der Waals surface area contributed by atoms with E-state index in [1.54, 1.807) is 12.4 Å². The summed E-state index contributed by atoms with van der Waals surface area (Å²) in [5.74, 6) is 0.107. The van der Waals surface area contributed by atoms with Crippen LogP contribution in [0.5, 0.6) is 0 Å². The fourth-order valence-electron chi connectivity index (χ4n) is 2.89. The highest BCUT2D eigenvalue weighted by molar-refractivity contribution is 9.10. The molecule has 0 N–H and O–H groups in total. The highest BCUT2D eigenvalue weighted by Gasteiger charge is 2.22. The number of hydrogen-bond acceptors (Lipinski definition) is 3. The van der Waals surface area contributed by atoms with E-state index in [1.807, 2.05) is 42.5 Å². The SMILES string of the molecule is O=NC(CC(c1ccccc1)c1ccc(Br)cc1)c1ccncc1. The van der Waals surface area contributed by atoms with Crippen molar-refractivity contribution in [2.24, 2.45) is 5.18 Å². The zero-order valence-corrected chi connectivity index (χ0v) is 14.6. The number of nitroso groups, excluding NO2 is 1. The summed E-state index contributed by atoms with van der Waals surface area (Å²) in [5.41, 5.74) is 3.26. The molecular weight excluding hydrogens is 364 g/mol. The molecule has 1 aromatic heterocycles. The van der Waals surface area contributed by atoms with E-state index in [-0.39, 0.29) is 5.92 Å². The first kappa shape index (κ1) is 16.5. The fourth-order valence-corrected chi connectivity index (χ4v) is 3.16. The molecule has 2 unspecified atom stereocenters. The second-order valence-electron chi connectivity index (χ2n) is 5.65. The summed E-state index contributed by atoms with van der Waals surface area (Å²) in [6.45, 7) is 0. The van der Waals surface area contributed by atoms with Crippen LogP contribution < -0.4 is 0 Å². The van der Waals surface area contributed by atoms with Crippen molar-refractivity contribution in [3.8, 4) is 0 Å². The standard InChI is InChI=1S/C20H17BrN2O/c21-18-8-6-16(7-9-18)19(15-4-2-1-3-5-15)14-20(23-24)17-10-12-22-13-11-17/h1-13,19-20H,14H2. The molecule has 120 valence electrons. The van der Waals surface area contributed by atoms with Gasteiger partial charge in [-0.1, -0.05) is 63.6 Å². The summed E-state index contributed by atoms with van der Waals surface area (Å²) >= 11 is 3.48. The lowest BCUT2D eigenvalue weighted by Gasteiger charge is -2.21. The largest absolute Gasteiger partial charge is 0.265 e. The Kier molecular flexibility index (Phi) is 5.49. The van der Waals surface area contributed by atoms with Gasteiger partial charge < -0.3 is 0 Å². The van der Waals surface area contributed by atoms with Gasteiger partial charge in [-0.25, -0.2) is 0 Å². The maximum atomic E-state index is 11.5. The third kappa shape index (κ3) is 3.95. The molecule has 0 saturated heterocycles. The Morgan fingerprint density at radius 3 is 2.08 bits per heavy atom. The number of benzene rings is 2. The Hall–Kier alpha value is -2.33. The molecule has 0 fully saturated rings. The van der Waals surface area contributed by atoms with Crippen molar-refractivity contribution < 1.29 is 0 Å². The molecule has 1 heterocycles. The molecule has 0 amide bonds. The van der Waals surface area contributed by atoms with Gasteiger partial charge in [-0.2, -0.15) is 4.91 Å². The molecule has 2 aromatic carbocycles. The third-order valence-electron chi connectivity index (χ3n) is 4.15. The predicted octanol–water partition coefficient (Wildman–Crippen LogP) is 5.87. The van der Waals surface area contributed by atoms with E-state index in [2.05, 4.69) is 50.4 Å². The minimum absolute atomic E-state index is 0.107. The Labute approximate surface area is 149 Å². The summed E-state index contributed by atoms with van der Waals surface area (Å²) in [7, 11) is 0. The van der Waals surface area contributed by atoms with Crippen molar-refractivity contribution in [3.63, 3.8) is 0 Å². The predicted molar refractivity (Wildman–Crippen MR) is 99.8 cm³/mol. The van der Waals surface area contributed by atoms with Gasteiger partial charge in [0.05, 0.1) is 0 Å². The van der Waals surface area contributed by atoms with E-state index < -0.39 is 6.04 Å². The molecule has 0 aliphatic carbocycles. The Morgan fingerprint density at radius 1 is 0.833 bits per heavy atom. The van der Waals surface area contributed by atoms with Gasteiger partial charge in [0.25, 0.3) is 0 Å². The highest BCUT2D eigenvalue weighted by atomic mass is 79.9. The van der Waals surface area contributed by atoms with Crippen LogP contribution in [0.15, 0.2) is 88.8 Å². The van der Waals surface area contributed by atoms with E-state index in [9.17, 15) is 4.91 Å². The Bertz CT molecular complexity index is 776. The van der Waals surface area contributed by atoms with Crippen LogP contribution in [0.25, 0.3) is 0 Å². The van der Waals surface area contributed by atoms with Crippen LogP contribution in [0.1, 0.15) is 35.1 Å². The molecule has 4 heteroatoms. The van der Waals surface area contributed by atoms with Crippen LogP contribution in [-0.2, 0) is 0 Å². The summed E-state index contributed by atoms with van der Waals surface area (Å²) < 4.78 is 1.04. The van der Waals surface area contributed by atoms with Crippen molar-refractivity contribution >= 4 is 15.9 Å². The van der Waals surface area contributed by atoms with Crippen molar-refractivity contribution in [3.05, 3.63) is 105 Å². The molecule has 24 heavy (non-hydrogen) atoms. The zero-order valence-electron chi connectivity index (χ0n) is 13.0. The number of aromatic nitrogens is 1. The number of rotatable bonds is 6. The van der Waals surface area contributed by atoms with Gasteiger partial charge in [0.1, 0.15) is 6.04 Å². The molecular formula is C20H17BrN2O. The minimum Gasteiger partial charge on any atom is -0.265 e. The quantitative estimate of drug-likeness (QED) is 0.501. The van der Waals surface area contributed by atoms with E-state index >= 15 is 0 Å². The molecule has 3 nitrogen and oxygen atoms in total. The van der Waals surface area contributed by atoms with Gasteiger partial charge in [-0.3, -0.25) is 4.98 Å². The van der Waals surface area contributed by atoms with E-state index in [1.165, 1.54) is 11.1 Å². The van der Waals surface area contributed by atoms with Crippen molar-refractivity contribution in [2.45, 2.75) is 18.4 Å². The fraction of sp³-hybridized carbons (Fsp3) is 0.150. The number of halogens is 1. The van der Waals surface area contributed by atoms with Gasteiger partial charge in [0.2, 0.25) is 0 Å². The number of pyridine rings is 1. The zero-order chi connectivity index (χ0) is 16.8. The number of hydrogen-bond donors (Lipinski definition) is 0. The minimum atomic E-state index is -0.401. The second-order valence-corrected chi connectivity index (χ2v) is 6.57. The molecule has 0 bridgehead atoms. The molecule has 3 aromatic rings.